The molecule has 15 heavy (non-hydrogen) atoms. The standard InChI is InChI=1S/C8H14N4O2S/c1-2-15(14)4-3-10-8-11-5-6(9)7(13)12-8/h5H,2-4,9H2,1H3,(H2,10,11,12,13). The summed E-state index contributed by atoms with van der Waals surface area (Å²) in [7, 11) is 0. The fraction of sp³-hybridized carbons (Fsp3) is 0.500. The SMILES string of the molecule is CC[S+]([O-])CCNc1ncc(N)c(O)n1. The van der Waals surface area contributed by atoms with E-state index in [0.29, 0.717) is 18.1 Å². The maximum Gasteiger partial charge on any atom is 0.239 e. The second kappa shape index (κ2) is 5.62. The van der Waals surface area contributed by atoms with Gasteiger partial charge in [0.2, 0.25) is 11.8 Å². The Morgan fingerprint density at radius 2 is 2.40 bits per heavy atom. The highest BCUT2D eigenvalue weighted by atomic mass is 32.2. The van der Waals surface area contributed by atoms with Gasteiger partial charge in [0.15, 0.2) is 0 Å². The van der Waals surface area contributed by atoms with Gasteiger partial charge in [-0.3, -0.25) is 0 Å². The molecule has 0 aliphatic carbocycles. The van der Waals surface area contributed by atoms with Gasteiger partial charge in [0, 0.05) is 0 Å². The van der Waals surface area contributed by atoms with Gasteiger partial charge in [-0.2, -0.15) is 4.98 Å². The third-order valence-electron chi connectivity index (χ3n) is 1.73. The molecule has 0 bridgehead atoms. The summed E-state index contributed by atoms with van der Waals surface area (Å²) in [6, 6.07) is 0. The summed E-state index contributed by atoms with van der Waals surface area (Å²) in [5.41, 5.74) is 5.47. The Hall–Kier alpha value is -1.21. The minimum Gasteiger partial charge on any atom is -0.616 e. The first-order valence-corrected chi connectivity index (χ1v) is 6.02. The van der Waals surface area contributed by atoms with Crippen molar-refractivity contribution in [3.05, 3.63) is 6.20 Å². The van der Waals surface area contributed by atoms with Crippen LogP contribution in [0.5, 0.6) is 5.88 Å². The van der Waals surface area contributed by atoms with E-state index in [1.807, 2.05) is 6.92 Å². The van der Waals surface area contributed by atoms with Crippen LogP contribution in [-0.2, 0) is 11.2 Å². The van der Waals surface area contributed by atoms with Crippen molar-refractivity contribution in [1.29, 1.82) is 0 Å². The molecule has 0 fully saturated rings. The van der Waals surface area contributed by atoms with Crippen molar-refractivity contribution in [3.8, 4) is 5.88 Å². The quantitative estimate of drug-likeness (QED) is 0.612. The lowest BCUT2D eigenvalue weighted by Crippen LogP contribution is -2.18. The number of hydrogen-bond acceptors (Lipinski definition) is 6. The Kier molecular flexibility index (Phi) is 4.44. The summed E-state index contributed by atoms with van der Waals surface area (Å²) in [5.74, 6) is 1.21. The van der Waals surface area contributed by atoms with E-state index < -0.39 is 11.2 Å². The van der Waals surface area contributed by atoms with Crippen LogP contribution in [0.25, 0.3) is 0 Å². The number of nitrogen functional groups attached to an aromatic ring is 1. The fourth-order valence-electron chi connectivity index (χ4n) is 0.888. The van der Waals surface area contributed by atoms with E-state index in [-0.39, 0.29) is 17.5 Å². The van der Waals surface area contributed by atoms with Crippen LogP contribution in [0, 0.1) is 0 Å². The number of aromatic hydroxyl groups is 1. The first-order chi connectivity index (χ1) is 7.13. The molecule has 84 valence electrons. The molecule has 7 heteroatoms. The highest BCUT2D eigenvalue weighted by Gasteiger charge is 2.04. The van der Waals surface area contributed by atoms with Crippen LogP contribution in [0.3, 0.4) is 0 Å². The average Bonchev–Trinajstić information content (AvgIpc) is 2.23. The maximum absolute atomic E-state index is 11.1. The smallest absolute Gasteiger partial charge is 0.239 e. The van der Waals surface area contributed by atoms with Gasteiger partial charge in [-0.15, -0.1) is 0 Å². The number of nitrogens with one attached hydrogen (secondary N) is 1. The molecule has 0 radical (unpaired) electrons. The zero-order valence-electron chi connectivity index (χ0n) is 8.43. The Balaban J connectivity index is 2.41. The van der Waals surface area contributed by atoms with E-state index in [2.05, 4.69) is 15.3 Å². The minimum absolute atomic E-state index is 0.137. The number of rotatable bonds is 5. The summed E-state index contributed by atoms with van der Waals surface area (Å²) in [5, 5.41) is 12.0. The molecule has 1 aromatic heterocycles. The summed E-state index contributed by atoms with van der Waals surface area (Å²) in [6.07, 6.45) is 1.32. The molecular weight excluding hydrogens is 216 g/mol. The molecule has 0 saturated carbocycles. The fourth-order valence-corrected chi connectivity index (χ4v) is 1.51. The van der Waals surface area contributed by atoms with E-state index in [0.717, 1.165) is 0 Å². The molecule has 1 unspecified atom stereocenters. The van der Waals surface area contributed by atoms with Crippen LogP contribution in [0.1, 0.15) is 6.92 Å². The van der Waals surface area contributed by atoms with Gasteiger partial charge in [-0.05, 0) is 6.92 Å². The van der Waals surface area contributed by atoms with Crippen LogP contribution in [0.4, 0.5) is 11.6 Å². The number of anilines is 2. The van der Waals surface area contributed by atoms with Gasteiger partial charge < -0.3 is 20.7 Å². The Bertz CT molecular complexity index is 324. The minimum atomic E-state index is -0.816. The van der Waals surface area contributed by atoms with Gasteiger partial charge in [-0.1, -0.05) is 11.2 Å². The molecule has 0 amide bonds. The number of aromatic nitrogens is 2. The lowest BCUT2D eigenvalue weighted by atomic mass is 10.5. The molecule has 0 aromatic carbocycles. The Labute approximate surface area is 91.1 Å². The van der Waals surface area contributed by atoms with Crippen molar-refractivity contribution in [2.24, 2.45) is 0 Å². The van der Waals surface area contributed by atoms with Crippen LogP contribution in [0.2, 0.25) is 0 Å². The third-order valence-corrected chi connectivity index (χ3v) is 3.03. The zero-order chi connectivity index (χ0) is 11.3. The molecule has 1 aromatic rings. The van der Waals surface area contributed by atoms with Crippen LogP contribution in [-0.4, -0.2) is 37.7 Å². The van der Waals surface area contributed by atoms with Crippen LogP contribution in [0.15, 0.2) is 6.20 Å². The predicted octanol–water partition coefficient (Wildman–Crippen LogP) is -0.0551. The molecule has 1 heterocycles. The molecule has 0 aliphatic heterocycles. The van der Waals surface area contributed by atoms with Gasteiger partial charge in [0.05, 0.1) is 12.7 Å². The summed E-state index contributed by atoms with van der Waals surface area (Å²) < 4.78 is 11.1. The number of nitrogens with zero attached hydrogens (tertiary/aromatic N) is 2. The predicted molar refractivity (Wildman–Crippen MR) is 60.1 cm³/mol. The van der Waals surface area contributed by atoms with Crippen molar-refractivity contribution in [2.45, 2.75) is 6.92 Å². The van der Waals surface area contributed by atoms with Crippen LogP contribution < -0.4 is 11.1 Å². The molecule has 6 nitrogen and oxygen atoms in total. The third kappa shape index (κ3) is 3.80. The summed E-state index contributed by atoms with van der Waals surface area (Å²) in [6.45, 7) is 2.37. The van der Waals surface area contributed by atoms with Gasteiger partial charge in [-0.25, -0.2) is 4.98 Å². The average molecular weight is 230 g/mol. The van der Waals surface area contributed by atoms with Gasteiger partial charge >= 0.3 is 0 Å². The first kappa shape index (κ1) is 11.9. The maximum atomic E-state index is 11.1. The van der Waals surface area contributed by atoms with Gasteiger partial charge in [0.1, 0.15) is 17.2 Å². The van der Waals surface area contributed by atoms with E-state index in [1.165, 1.54) is 6.20 Å². The summed E-state index contributed by atoms with van der Waals surface area (Å²) >= 11 is -0.816. The van der Waals surface area contributed by atoms with E-state index in [1.54, 1.807) is 0 Å². The molecule has 1 atom stereocenters. The normalized spacial score (nSPS) is 12.4. The number of hydrogen-bond donors (Lipinski definition) is 3. The largest absolute Gasteiger partial charge is 0.616 e. The van der Waals surface area contributed by atoms with Crippen molar-refractivity contribution >= 4 is 22.8 Å². The second-order valence-electron chi connectivity index (χ2n) is 2.83. The van der Waals surface area contributed by atoms with Crippen molar-refractivity contribution < 1.29 is 9.66 Å². The van der Waals surface area contributed by atoms with Crippen molar-refractivity contribution in [3.63, 3.8) is 0 Å². The van der Waals surface area contributed by atoms with E-state index in [4.69, 9.17) is 5.73 Å². The molecule has 0 saturated heterocycles. The molecule has 4 N–H and O–H groups in total. The van der Waals surface area contributed by atoms with Gasteiger partial charge in [0.25, 0.3) is 0 Å². The highest BCUT2D eigenvalue weighted by molar-refractivity contribution is 7.91. The second-order valence-corrected chi connectivity index (χ2v) is 4.70. The Morgan fingerprint density at radius 3 is 3.00 bits per heavy atom. The van der Waals surface area contributed by atoms with Crippen molar-refractivity contribution in [2.75, 3.05) is 29.1 Å². The topological polar surface area (TPSA) is 107 Å². The van der Waals surface area contributed by atoms with E-state index >= 15 is 0 Å². The molecule has 0 spiro atoms. The summed E-state index contributed by atoms with van der Waals surface area (Å²) in [4.78, 5) is 7.56. The zero-order valence-corrected chi connectivity index (χ0v) is 9.25. The molecular formula is C8H14N4O2S. The Morgan fingerprint density at radius 1 is 1.67 bits per heavy atom. The monoisotopic (exact) mass is 230 g/mol. The molecule has 0 aliphatic rings. The number of nitrogens with two attached hydrogens (primary N) is 1. The first-order valence-electron chi connectivity index (χ1n) is 4.53. The van der Waals surface area contributed by atoms with Crippen LogP contribution >= 0.6 is 0 Å². The highest BCUT2D eigenvalue weighted by Crippen LogP contribution is 2.15. The lowest BCUT2D eigenvalue weighted by molar-refractivity contribution is 0.456. The van der Waals surface area contributed by atoms with E-state index in [9.17, 15) is 9.66 Å². The van der Waals surface area contributed by atoms with Crippen molar-refractivity contribution in [1.82, 2.24) is 9.97 Å². The lowest BCUT2D eigenvalue weighted by Gasteiger charge is -2.09. The molecule has 1 rings (SSSR count).